The summed E-state index contributed by atoms with van der Waals surface area (Å²) in [6.45, 7) is 13.8. The lowest BCUT2D eigenvalue weighted by Crippen LogP contribution is -2.10. The second-order valence-electron chi connectivity index (χ2n) is 15.8. The van der Waals surface area contributed by atoms with Crippen LogP contribution < -0.4 is 0 Å². The Kier molecular flexibility index (Phi) is 6.13. The van der Waals surface area contributed by atoms with Gasteiger partial charge in [0.2, 0.25) is 0 Å². The van der Waals surface area contributed by atoms with Gasteiger partial charge in [0.15, 0.2) is 0 Å². The Labute approximate surface area is 283 Å². The molecule has 0 aliphatic heterocycles. The van der Waals surface area contributed by atoms with Crippen molar-refractivity contribution >= 4 is 43.1 Å². The highest BCUT2D eigenvalue weighted by molar-refractivity contribution is 6.31. The normalized spacial score (nSPS) is 12.8. The van der Waals surface area contributed by atoms with Gasteiger partial charge < -0.3 is 0 Å². The lowest BCUT2D eigenvalue weighted by Gasteiger charge is -2.23. The first-order valence-electron chi connectivity index (χ1n) is 17.3. The van der Waals surface area contributed by atoms with Crippen LogP contribution >= 0.6 is 0 Å². The third-order valence-corrected chi connectivity index (χ3v) is 10.7. The zero-order valence-electron chi connectivity index (χ0n) is 28.7. The average molecular weight is 617 g/mol. The Morgan fingerprint density at radius 1 is 0.333 bits per heavy atom. The van der Waals surface area contributed by atoms with Crippen molar-refractivity contribution in [1.82, 2.24) is 0 Å². The van der Waals surface area contributed by atoms with Crippen molar-refractivity contribution in [1.29, 1.82) is 0 Å². The van der Waals surface area contributed by atoms with E-state index in [4.69, 9.17) is 0 Å². The van der Waals surface area contributed by atoms with E-state index in [0.717, 1.165) is 0 Å². The minimum Gasteiger partial charge on any atom is -0.0616 e. The number of benzene rings is 8. The molecule has 0 amide bonds. The third-order valence-electron chi connectivity index (χ3n) is 10.7. The van der Waals surface area contributed by atoms with Gasteiger partial charge in [-0.2, -0.15) is 0 Å². The Hall–Kier alpha value is -5.20. The fraction of sp³-hybridized carbons (Fsp3) is 0.167. The van der Waals surface area contributed by atoms with Gasteiger partial charge in [0.25, 0.3) is 0 Å². The van der Waals surface area contributed by atoms with Gasteiger partial charge in [-0.3, -0.25) is 0 Å². The van der Waals surface area contributed by atoms with E-state index in [1.807, 2.05) is 0 Å². The molecule has 0 atom stereocenters. The van der Waals surface area contributed by atoms with Crippen molar-refractivity contribution < 1.29 is 0 Å². The van der Waals surface area contributed by atoms with Gasteiger partial charge >= 0.3 is 0 Å². The molecule has 48 heavy (non-hydrogen) atoms. The van der Waals surface area contributed by atoms with Gasteiger partial charge in [-0.15, -0.1) is 0 Å². The zero-order valence-corrected chi connectivity index (χ0v) is 28.7. The summed E-state index contributed by atoms with van der Waals surface area (Å²) in [7, 11) is 0. The van der Waals surface area contributed by atoms with E-state index in [1.165, 1.54) is 98.7 Å². The molecule has 8 aromatic rings. The van der Waals surface area contributed by atoms with Crippen LogP contribution in [0, 0.1) is 0 Å². The van der Waals surface area contributed by atoms with E-state index < -0.39 is 0 Å². The first kappa shape index (κ1) is 29.0. The second-order valence-corrected chi connectivity index (χ2v) is 15.8. The molecule has 0 spiro atoms. The summed E-state index contributed by atoms with van der Waals surface area (Å²) in [6.07, 6.45) is 0. The van der Waals surface area contributed by atoms with E-state index in [2.05, 4.69) is 175 Å². The standard InChI is InChI=1S/C48H40/c1-47(2,3)34-22-18-29(19-23-34)42-39-26-31-12-7-8-13-32(31)27-40(39)43(30-20-24-35(25-21-30)48(4,5)6)46-41-28-33-14-9-10-15-36(33)37-16-11-17-38(44(37)41)45(42)46/h7-28H,1-6H3. The Morgan fingerprint density at radius 3 is 1.31 bits per heavy atom. The molecule has 0 fully saturated rings. The van der Waals surface area contributed by atoms with Crippen LogP contribution in [-0.4, -0.2) is 0 Å². The molecule has 1 aliphatic carbocycles. The molecule has 232 valence electrons. The quantitative estimate of drug-likeness (QED) is 0.134. The van der Waals surface area contributed by atoms with E-state index in [0.29, 0.717) is 0 Å². The van der Waals surface area contributed by atoms with Gasteiger partial charge in [0.05, 0.1) is 0 Å². The summed E-state index contributed by atoms with van der Waals surface area (Å²) in [5, 5.41) is 10.4. The minimum atomic E-state index is 0.0859. The van der Waals surface area contributed by atoms with E-state index in [9.17, 15) is 0 Å². The summed E-state index contributed by atoms with van der Waals surface area (Å²) in [5.41, 5.74) is 13.4. The Bertz CT molecular complexity index is 2580. The molecule has 0 aromatic heterocycles. The minimum absolute atomic E-state index is 0.0859. The van der Waals surface area contributed by atoms with E-state index >= 15 is 0 Å². The molecule has 0 bridgehead atoms. The molecule has 0 N–H and O–H groups in total. The molecule has 0 heterocycles. The number of fused-ring (bicyclic) bond motifs is 7. The van der Waals surface area contributed by atoms with Crippen molar-refractivity contribution in [3.8, 4) is 44.5 Å². The van der Waals surface area contributed by atoms with Crippen LogP contribution in [0.3, 0.4) is 0 Å². The molecular formula is C48H40. The number of rotatable bonds is 2. The zero-order chi connectivity index (χ0) is 32.9. The third kappa shape index (κ3) is 4.29. The monoisotopic (exact) mass is 616 g/mol. The largest absolute Gasteiger partial charge is 0.0616 e. The van der Waals surface area contributed by atoms with Crippen LogP contribution in [0.25, 0.3) is 87.6 Å². The first-order valence-corrected chi connectivity index (χ1v) is 17.3. The van der Waals surface area contributed by atoms with Crippen molar-refractivity contribution in [2.24, 2.45) is 0 Å². The lowest BCUT2D eigenvalue weighted by molar-refractivity contribution is 0.590. The van der Waals surface area contributed by atoms with Crippen LogP contribution in [0.5, 0.6) is 0 Å². The molecular weight excluding hydrogens is 577 g/mol. The predicted molar refractivity (Wildman–Crippen MR) is 209 cm³/mol. The Balaban J connectivity index is 1.50. The molecule has 0 nitrogen and oxygen atoms in total. The van der Waals surface area contributed by atoms with Crippen LogP contribution in [0.2, 0.25) is 0 Å². The molecule has 0 heteroatoms. The molecule has 0 radical (unpaired) electrons. The lowest BCUT2D eigenvalue weighted by atomic mass is 9.80. The van der Waals surface area contributed by atoms with Gasteiger partial charge in [-0.25, -0.2) is 0 Å². The summed E-state index contributed by atoms with van der Waals surface area (Å²) >= 11 is 0. The topological polar surface area (TPSA) is 0 Å². The highest BCUT2D eigenvalue weighted by Crippen LogP contribution is 2.59. The van der Waals surface area contributed by atoms with Crippen molar-refractivity contribution in [2.45, 2.75) is 52.4 Å². The van der Waals surface area contributed by atoms with Crippen LogP contribution in [0.15, 0.2) is 133 Å². The summed E-state index contributed by atoms with van der Waals surface area (Å²) in [4.78, 5) is 0. The highest BCUT2D eigenvalue weighted by Gasteiger charge is 2.31. The predicted octanol–water partition coefficient (Wildman–Crippen LogP) is 13.9. The molecule has 0 unspecified atom stereocenters. The van der Waals surface area contributed by atoms with E-state index in [1.54, 1.807) is 0 Å². The van der Waals surface area contributed by atoms with Crippen molar-refractivity contribution in [3.63, 3.8) is 0 Å². The highest BCUT2D eigenvalue weighted by atomic mass is 14.3. The molecule has 0 saturated heterocycles. The molecule has 9 rings (SSSR count). The molecule has 8 aromatic carbocycles. The summed E-state index contributed by atoms with van der Waals surface area (Å²) < 4.78 is 0. The maximum Gasteiger partial charge on any atom is -0.000719 e. The van der Waals surface area contributed by atoms with Gasteiger partial charge in [-0.1, -0.05) is 157 Å². The fourth-order valence-electron chi connectivity index (χ4n) is 8.15. The molecule has 0 saturated carbocycles. The van der Waals surface area contributed by atoms with Gasteiger partial charge in [0.1, 0.15) is 0 Å². The number of hydrogen-bond donors (Lipinski definition) is 0. The van der Waals surface area contributed by atoms with Gasteiger partial charge in [-0.05, 0) is 128 Å². The SMILES string of the molecule is CC(C)(C)c1ccc(-c2c3c(c(-c4ccc(C(C)(C)C)cc4)c4cc5ccccc5cc24)-c2cc4ccccc4c4cccc-3c24)cc1. The summed E-state index contributed by atoms with van der Waals surface area (Å²) in [6, 6.07) is 50.8. The maximum absolute atomic E-state index is 2.46. The maximum atomic E-state index is 2.46. The van der Waals surface area contributed by atoms with Crippen LogP contribution in [0.4, 0.5) is 0 Å². The number of hydrogen-bond acceptors (Lipinski definition) is 0. The van der Waals surface area contributed by atoms with Gasteiger partial charge in [0, 0.05) is 0 Å². The summed E-state index contributed by atoms with van der Waals surface area (Å²) in [5.74, 6) is 0. The average Bonchev–Trinajstić information content (AvgIpc) is 3.40. The van der Waals surface area contributed by atoms with E-state index in [-0.39, 0.29) is 10.8 Å². The second kappa shape index (κ2) is 10.1. The Morgan fingerprint density at radius 2 is 0.792 bits per heavy atom. The van der Waals surface area contributed by atoms with Crippen LogP contribution in [-0.2, 0) is 10.8 Å². The molecule has 1 aliphatic rings. The van der Waals surface area contributed by atoms with Crippen LogP contribution in [0.1, 0.15) is 52.7 Å². The van der Waals surface area contributed by atoms with Crippen molar-refractivity contribution in [2.75, 3.05) is 0 Å². The van der Waals surface area contributed by atoms with Crippen molar-refractivity contribution in [3.05, 3.63) is 145 Å². The first-order chi connectivity index (χ1) is 23.1. The fourth-order valence-corrected chi connectivity index (χ4v) is 8.15. The smallest absolute Gasteiger partial charge is 0.000719 e.